The molecule has 0 aliphatic carbocycles. The minimum atomic E-state index is 0.0202. The summed E-state index contributed by atoms with van der Waals surface area (Å²) in [5, 5.41) is 9.44. The molecule has 1 aliphatic heterocycles. The van der Waals surface area contributed by atoms with E-state index in [9.17, 15) is 4.79 Å². The molecule has 1 fully saturated rings. The summed E-state index contributed by atoms with van der Waals surface area (Å²) in [4.78, 5) is 19.8. The average molecular weight is 446 g/mol. The molecule has 8 heteroatoms. The number of nitrogens with one attached hydrogen (secondary N) is 1. The average Bonchev–Trinajstić information content (AvgIpc) is 3.29. The molecule has 1 amide bonds. The first-order valence-electron chi connectivity index (χ1n) is 10.6. The lowest BCUT2D eigenvalue weighted by Gasteiger charge is -2.31. The number of carbonyl (C=O) groups excluding carboxylic acids is 1. The van der Waals surface area contributed by atoms with E-state index in [1.807, 2.05) is 35.9 Å². The Morgan fingerprint density at radius 1 is 1.33 bits per heavy atom. The van der Waals surface area contributed by atoms with Gasteiger partial charge in [-0.1, -0.05) is 36.8 Å². The minimum Gasteiger partial charge on any atom is -0.356 e. The molecule has 0 spiro atoms. The number of carbonyl (C=O) groups is 1. The van der Waals surface area contributed by atoms with Gasteiger partial charge in [0.05, 0.1) is 22.0 Å². The summed E-state index contributed by atoms with van der Waals surface area (Å²) < 4.78 is 2.96. The Morgan fingerprint density at radius 2 is 2.10 bits per heavy atom. The first-order valence-corrected chi connectivity index (χ1v) is 11.8. The van der Waals surface area contributed by atoms with E-state index in [4.69, 9.17) is 16.6 Å². The molecule has 0 unspecified atom stereocenters. The van der Waals surface area contributed by atoms with Gasteiger partial charge in [-0.05, 0) is 56.4 Å². The van der Waals surface area contributed by atoms with Crippen LogP contribution in [0.25, 0.3) is 16.0 Å². The summed E-state index contributed by atoms with van der Waals surface area (Å²) in [6.45, 7) is 8.77. The monoisotopic (exact) mass is 445 g/mol. The Balaban J connectivity index is 1.52. The summed E-state index contributed by atoms with van der Waals surface area (Å²) in [7, 11) is 0. The third kappa shape index (κ3) is 4.47. The number of piperidine rings is 1. The van der Waals surface area contributed by atoms with Crippen molar-refractivity contribution in [3.63, 3.8) is 0 Å². The van der Waals surface area contributed by atoms with Crippen molar-refractivity contribution in [3.05, 3.63) is 35.0 Å². The van der Waals surface area contributed by atoms with Crippen LogP contribution in [-0.2, 0) is 4.79 Å². The fraction of sp³-hybridized carbons (Fsp3) is 0.500. The highest BCUT2D eigenvalue weighted by molar-refractivity contribution is 7.22. The SMILES string of the molecule is Cc1nn(-c2ccc(Cl)cc2)c2nc(N3CCC[C@@H](C(=O)NCCC(C)C)C3)sc12. The molecule has 0 saturated carbocycles. The third-order valence-corrected chi connectivity index (χ3v) is 7.00. The smallest absolute Gasteiger partial charge is 0.224 e. The molecule has 1 saturated heterocycles. The predicted octanol–water partition coefficient (Wildman–Crippen LogP) is 4.82. The summed E-state index contributed by atoms with van der Waals surface area (Å²) >= 11 is 7.69. The van der Waals surface area contributed by atoms with Gasteiger partial charge < -0.3 is 10.2 Å². The maximum Gasteiger partial charge on any atom is 0.224 e. The van der Waals surface area contributed by atoms with Crippen molar-refractivity contribution < 1.29 is 4.79 Å². The summed E-state index contributed by atoms with van der Waals surface area (Å²) in [5.41, 5.74) is 2.76. The van der Waals surface area contributed by atoms with Crippen LogP contribution in [0.15, 0.2) is 24.3 Å². The maximum absolute atomic E-state index is 12.6. The zero-order valence-corrected chi connectivity index (χ0v) is 19.3. The molecule has 0 radical (unpaired) electrons. The molecule has 4 rings (SSSR count). The molecular weight excluding hydrogens is 418 g/mol. The Labute approximate surface area is 186 Å². The topological polar surface area (TPSA) is 63.1 Å². The zero-order chi connectivity index (χ0) is 21.3. The van der Waals surface area contributed by atoms with Gasteiger partial charge in [-0.15, -0.1) is 0 Å². The van der Waals surface area contributed by atoms with Gasteiger partial charge in [0.25, 0.3) is 0 Å². The lowest BCUT2D eigenvalue weighted by molar-refractivity contribution is -0.125. The number of aryl methyl sites for hydroxylation is 1. The number of aromatic nitrogens is 3. The van der Waals surface area contributed by atoms with Crippen molar-refractivity contribution in [2.24, 2.45) is 11.8 Å². The maximum atomic E-state index is 12.6. The van der Waals surface area contributed by atoms with Gasteiger partial charge in [0.2, 0.25) is 5.91 Å². The second kappa shape index (κ2) is 8.94. The normalized spacial score (nSPS) is 17.1. The number of amides is 1. The van der Waals surface area contributed by atoms with Gasteiger partial charge in [-0.2, -0.15) is 10.1 Å². The van der Waals surface area contributed by atoms with E-state index in [2.05, 4.69) is 29.2 Å². The van der Waals surface area contributed by atoms with Gasteiger partial charge in [0, 0.05) is 24.7 Å². The molecule has 0 bridgehead atoms. The molecule has 2 aromatic heterocycles. The van der Waals surface area contributed by atoms with E-state index in [0.717, 1.165) is 65.8 Å². The van der Waals surface area contributed by atoms with Crippen LogP contribution in [0.4, 0.5) is 5.13 Å². The Hall–Kier alpha value is -2.12. The molecular formula is C22H28ClN5OS. The van der Waals surface area contributed by atoms with Gasteiger partial charge in [0.1, 0.15) is 0 Å². The molecule has 1 aliphatic rings. The number of hydrogen-bond donors (Lipinski definition) is 1. The van der Waals surface area contributed by atoms with Crippen molar-refractivity contribution >= 4 is 44.3 Å². The van der Waals surface area contributed by atoms with E-state index < -0.39 is 0 Å². The van der Waals surface area contributed by atoms with Crippen molar-refractivity contribution in [3.8, 4) is 5.69 Å². The molecule has 3 heterocycles. The van der Waals surface area contributed by atoms with Crippen molar-refractivity contribution in [1.82, 2.24) is 20.1 Å². The largest absolute Gasteiger partial charge is 0.356 e. The molecule has 1 N–H and O–H groups in total. The van der Waals surface area contributed by atoms with Crippen LogP contribution in [0.1, 0.15) is 38.8 Å². The first-order chi connectivity index (χ1) is 14.4. The van der Waals surface area contributed by atoms with E-state index in [1.54, 1.807) is 11.3 Å². The quantitative estimate of drug-likeness (QED) is 0.590. The molecule has 3 aromatic rings. The standard InChI is InChI=1S/C22H28ClN5OS/c1-14(2)10-11-24-21(29)16-5-4-12-27(13-16)22-25-20-19(30-22)15(3)26-28(20)18-8-6-17(23)7-9-18/h6-9,14,16H,4-5,10-13H2,1-3H3,(H,24,29)/t16-/m1/s1. The number of hydrogen-bond acceptors (Lipinski definition) is 5. The number of halogens is 1. The lowest BCUT2D eigenvalue weighted by Crippen LogP contribution is -2.43. The highest BCUT2D eigenvalue weighted by atomic mass is 35.5. The van der Waals surface area contributed by atoms with Crippen LogP contribution in [0.5, 0.6) is 0 Å². The number of thiazole rings is 1. The molecule has 160 valence electrons. The number of benzene rings is 1. The number of rotatable bonds is 6. The predicted molar refractivity (Wildman–Crippen MR) is 124 cm³/mol. The second-order valence-electron chi connectivity index (χ2n) is 8.38. The minimum absolute atomic E-state index is 0.0202. The molecule has 30 heavy (non-hydrogen) atoms. The van der Waals surface area contributed by atoms with E-state index in [-0.39, 0.29) is 11.8 Å². The molecule has 1 aromatic carbocycles. The van der Waals surface area contributed by atoms with Gasteiger partial charge in [0.15, 0.2) is 10.8 Å². The zero-order valence-electron chi connectivity index (χ0n) is 17.7. The van der Waals surface area contributed by atoms with E-state index in [0.29, 0.717) is 10.9 Å². The molecule has 6 nitrogen and oxygen atoms in total. The summed E-state index contributed by atoms with van der Waals surface area (Å²) in [6.07, 6.45) is 2.95. The summed E-state index contributed by atoms with van der Waals surface area (Å²) in [6, 6.07) is 7.62. The van der Waals surface area contributed by atoms with Crippen LogP contribution in [0.2, 0.25) is 5.02 Å². The summed E-state index contributed by atoms with van der Waals surface area (Å²) in [5.74, 6) is 0.788. The molecule has 1 atom stereocenters. The Bertz CT molecular complexity index is 1030. The third-order valence-electron chi connectivity index (χ3n) is 5.53. The van der Waals surface area contributed by atoms with Crippen LogP contribution < -0.4 is 10.2 Å². The van der Waals surface area contributed by atoms with Gasteiger partial charge >= 0.3 is 0 Å². The van der Waals surface area contributed by atoms with Crippen molar-refractivity contribution in [2.75, 3.05) is 24.5 Å². The Morgan fingerprint density at radius 3 is 2.83 bits per heavy atom. The van der Waals surface area contributed by atoms with E-state index in [1.165, 1.54) is 0 Å². The van der Waals surface area contributed by atoms with Crippen molar-refractivity contribution in [1.29, 1.82) is 0 Å². The lowest BCUT2D eigenvalue weighted by atomic mass is 9.97. The van der Waals surface area contributed by atoms with Crippen LogP contribution >= 0.6 is 22.9 Å². The van der Waals surface area contributed by atoms with Crippen LogP contribution in [-0.4, -0.2) is 40.3 Å². The van der Waals surface area contributed by atoms with Gasteiger partial charge in [-0.25, -0.2) is 4.68 Å². The number of nitrogens with zero attached hydrogens (tertiary/aromatic N) is 4. The fourth-order valence-electron chi connectivity index (χ4n) is 3.81. The van der Waals surface area contributed by atoms with Gasteiger partial charge in [-0.3, -0.25) is 4.79 Å². The van der Waals surface area contributed by atoms with Crippen molar-refractivity contribution in [2.45, 2.75) is 40.0 Å². The Kier molecular flexibility index (Phi) is 6.29. The van der Waals surface area contributed by atoms with Crippen LogP contribution in [0, 0.1) is 18.8 Å². The fourth-order valence-corrected chi connectivity index (χ4v) is 4.96. The number of anilines is 1. The first kappa shape index (κ1) is 21.1. The highest BCUT2D eigenvalue weighted by Gasteiger charge is 2.28. The van der Waals surface area contributed by atoms with E-state index >= 15 is 0 Å². The number of fused-ring (bicyclic) bond motifs is 1. The second-order valence-corrected chi connectivity index (χ2v) is 9.80. The highest BCUT2D eigenvalue weighted by Crippen LogP contribution is 2.34. The van der Waals surface area contributed by atoms with Crippen LogP contribution in [0.3, 0.4) is 0 Å².